The zero-order chi connectivity index (χ0) is 15.3. The lowest BCUT2D eigenvalue weighted by Gasteiger charge is -2.41. The maximum absolute atomic E-state index is 11.6. The van der Waals surface area contributed by atoms with Gasteiger partial charge < -0.3 is 14.5 Å². The average Bonchev–Trinajstić information content (AvgIpc) is 3.07. The predicted octanol–water partition coefficient (Wildman–Crippen LogP) is 2.27. The molecular formula is C13H15ClN4O3S. The molecule has 2 atom stereocenters. The molecule has 1 aromatic rings. The van der Waals surface area contributed by atoms with Gasteiger partial charge in [0, 0.05) is 24.2 Å². The molecule has 0 saturated carbocycles. The highest BCUT2D eigenvalue weighted by Crippen LogP contribution is 2.40. The van der Waals surface area contributed by atoms with Crippen LogP contribution in [0.25, 0.3) is 0 Å². The fourth-order valence-electron chi connectivity index (χ4n) is 3.49. The minimum Gasteiger partial charge on any atom is -0.346 e. The number of hydrogen-bond acceptors (Lipinski definition) is 7. The second-order valence-corrected chi connectivity index (χ2v) is 7.37. The second-order valence-electron chi connectivity index (χ2n) is 5.67. The molecule has 0 unspecified atom stereocenters. The van der Waals surface area contributed by atoms with E-state index in [4.69, 9.17) is 16.3 Å². The van der Waals surface area contributed by atoms with Gasteiger partial charge in [0.05, 0.1) is 11.5 Å². The van der Waals surface area contributed by atoms with Crippen molar-refractivity contribution in [1.82, 2.24) is 14.8 Å². The van der Waals surface area contributed by atoms with Crippen molar-refractivity contribution in [3.63, 3.8) is 0 Å². The number of hydrogen-bond donors (Lipinski definition) is 0. The van der Waals surface area contributed by atoms with Gasteiger partial charge in [0.25, 0.3) is 0 Å². The van der Waals surface area contributed by atoms with Crippen molar-refractivity contribution in [3.8, 4) is 0 Å². The van der Waals surface area contributed by atoms with Gasteiger partial charge in [-0.05, 0) is 19.3 Å². The molecule has 0 radical (unpaired) electrons. The van der Waals surface area contributed by atoms with Crippen LogP contribution in [0.2, 0.25) is 4.47 Å². The maximum Gasteiger partial charge on any atom is 0.314 e. The molecule has 0 aromatic carbocycles. The van der Waals surface area contributed by atoms with Crippen LogP contribution in [0.15, 0.2) is 17.7 Å². The zero-order valence-electron chi connectivity index (χ0n) is 11.8. The number of ether oxygens (including phenoxy) is 1. The van der Waals surface area contributed by atoms with Gasteiger partial charge in [0.15, 0.2) is 16.4 Å². The molecule has 0 spiro atoms. The van der Waals surface area contributed by atoms with Crippen molar-refractivity contribution in [2.75, 3.05) is 13.1 Å². The first-order chi connectivity index (χ1) is 10.6. The molecule has 2 saturated heterocycles. The summed E-state index contributed by atoms with van der Waals surface area (Å²) in [7, 11) is 0. The quantitative estimate of drug-likeness (QED) is 0.620. The minimum atomic E-state index is -0.384. The van der Waals surface area contributed by atoms with Crippen LogP contribution in [-0.2, 0) is 11.3 Å². The number of rotatable bonds is 3. The van der Waals surface area contributed by atoms with Crippen molar-refractivity contribution in [2.24, 2.45) is 0 Å². The first-order valence-electron chi connectivity index (χ1n) is 7.29. The predicted molar refractivity (Wildman–Crippen MR) is 80.8 cm³/mol. The SMILES string of the molecule is O=[N+]([O-])C1=C2N(Cc3cnc(Cl)s3)CCN2[C@H]2CCC[C@@H]1O2. The van der Waals surface area contributed by atoms with E-state index in [0.29, 0.717) is 11.0 Å². The summed E-state index contributed by atoms with van der Waals surface area (Å²) in [5.41, 5.74) is 0.212. The Hall–Kier alpha value is -1.38. The molecule has 3 aliphatic rings. The average molecular weight is 343 g/mol. The Kier molecular flexibility index (Phi) is 3.47. The van der Waals surface area contributed by atoms with Gasteiger partial charge >= 0.3 is 5.70 Å². The molecule has 7 nitrogen and oxygen atoms in total. The van der Waals surface area contributed by atoms with Crippen molar-refractivity contribution >= 4 is 22.9 Å². The van der Waals surface area contributed by atoms with Crippen LogP contribution in [0.3, 0.4) is 0 Å². The zero-order valence-corrected chi connectivity index (χ0v) is 13.3. The largest absolute Gasteiger partial charge is 0.346 e. The van der Waals surface area contributed by atoms with Crippen LogP contribution in [0.4, 0.5) is 0 Å². The topological polar surface area (TPSA) is 71.7 Å². The van der Waals surface area contributed by atoms with E-state index in [0.717, 1.165) is 43.1 Å². The van der Waals surface area contributed by atoms with E-state index < -0.39 is 0 Å². The van der Waals surface area contributed by atoms with Gasteiger partial charge in [0.2, 0.25) is 0 Å². The molecule has 22 heavy (non-hydrogen) atoms. The molecule has 9 heteroatoms. The Bertz CT molecular complexity index is 649. The van der Waals surface area contributed by atoms with Crippen LogP contribution in [0.1, 0.15) is 24.1 Å². The Morgan fingerprint density at radius 3 is 3.09 bits per heavy atom. The number of fused-ring (bicyclic) bond motifs is 4. The Morgan fingerprint density at radius 1 is 1.50 bits per heavy atom. The summed E-state index contributed by atoms with van der Waals surface area (Å²) in [6.07, 6.45) is 3.97. The highest BCUT2D eigenvalue weighted by Gasteiger charge is 2.48. The van der Waals surface area contributed by atoms with Gasteiger partial charge in [-0.1, -0.05) is 11.6 Å². The Balaban J connectivity index is 1.70. The normalized spacial score (nSPS) is 27.3. The van der Waals surface area contributed by atoms with Crippen molar-refractivity contribution in [3.05, 3.63) is 37.2 Å². The monoisotopic (exact) mass is 342 g/mol. The van der Waals surface area contributed by atoms with E-state index in [2.05, 4.69) is 14.8 Å². The van der Waals surface area contributed by atoms with E-state index in [1.807, 2.05) is 0 Å². The third-order valence-corrected chi connectivity index (χ3v) is 5.47. The van der Waals surface area contributed by atoms with Crippen LogP contribution in [0.5, 0.6) is 0 Å². The molecule has 3 aliphatic heterocycles. The van der Waals surface area contributed by atoms with Crippen LogP contribution >= 0.6 is 22.9 Å². The van der Waals surface area contributed by atoms with Gasteiger partial charge in [-0.25, -0.2) is 4.98 Å². The summed E-state index contributed by atoms with van der Waals surface area (Å²) in [6.45, 7) is 2.12. The molecule has 0 N–H and O–H groups in total. The van der Waals surface area contributed by atoms with E-state index in [-0.39, 0.29) is 23.0 Å². The number of halogens is 1. The molecule has 1 aromatic heterocycles. The minimum absolute atomic E-state index is 0.0208. The van der Waals surface area contributed by atoms with Crippen LogP contribution in [0, 0.1) is 10.1 Å². The van der Waals surface area contributed by atoms with E-state index >= 15 is 0 Å². The molecular weight excluding hydrogens is 328 g/mol. The lowest BCUT2D eigenvalue weighted by Crippen LogP contribution is -2.48. The van der Waals surface area contributed by atoms with Gasteiger partial charge in [0.1, 0.15) is 6.23 Å². The summed E-state index contributed by atoms with van der Waals surface area (Å²) in [5.74, 6) is 0.732. The Morgan fingerprint density at radius 2 is 2.36 bits per heavy atom. The smallest absolute Gasteiger partial charge is 0.314 e. The van der Waals surface area contributed by atoms with Gasteiger partial charge in [-0.15, -0.1) is 11.3 Å². The third kappa shape index (κ3) is 2.26. The number of nitrogens with zero attached hydrogens (tertiary/aromatic N) is 4. The molecule has 4 rings (SSSR count). The summed E-state index contributed by atoms with van der Waals surface area (Å²) >= 11 is 7.29. The molecule has 118 valence electrons. The Labute approximate surface area is 136 Å². The first kappa shape index (κ1) is 14.2. The summed E-state index contributed by atoms with van der Waals surface area (Å²) in [5, 5.41) is 11.6. The van der Waals surface area contributed by atoms with Crippen LogP contribution < -0.4 is 0 Å². The van der Waals surface area contributed by atoms with Gasteiger partial charge in [-0.3, -0.25) is 10.1 Å². The van der Waals surface area contributed by atoms with Crippen molar-refractivity contribution < 1.29 is 9.66 Å². The molecule has 2 fully saturated rings. The molecule has 0 amide bonds. The first-order valence-corrected chi connectivity index (χ1v) is 8.49. The standard InChI is InChI=1S/C13H15ClN4O3S/c14-13-15-6-8(22-13)7-16-4-5-17-10-3-1-2-9(21-10)11(12(16)17)18(19)20/h6,9-10H,1-5,7H2/t9-,10+/m0/s1. The fraction of sp³-hybridized carbons (Fsp3) is 0.615. The number of nitro groups is 1. The van der Waals surface area contributed by atoms with E-state index in [1.165, 1.54) is 11.3 Å². The second kappa shape index (κ2) is 5.36. The fourth-order valence-corrected chi connectivity index (χ4v) is 4.48. The highest BCUT2D eigenvalue weighted by molar-refractivity contribution is 7.15. The maximum atomic E-state index is 11.6. The summed E-state index contributed by atoms with van der Waals surface area (Å²) in [6, 6.07) is 0. The summed E-state index contributed by atoms with van der Waals surface area (Å²) in [4.78, 5) is 20.5. The van der Waals surface area contributed by atoms with Crippen molar-refractivity contribution in [2.45, 2.75) is 38.1 Å². The molecule has 0 aliphatic carbocycles. The lowest BCUT2D eigenvalue weighted by atomic mass is 10.0. The van der Waals surface area contributed by atoms with Crippen molar-refractivity contribution in [1.29, 1.82) is 0 Å². The van der Waals surface area contributed by atoms with Crippen LogP contribution in [-0.4, -0.2) is 45.1 Å². The van der Waals surface area contributed by atoms with E-state index in [1.54, 1.807) is 6.20 Å². The third-order valence-electron chi connectivity index (χ3n) is 4.37. The van der Waals surface area contributed by atoms with E-state index in [9.17, 15) is 10.1 Å². The highest BCUT2D eigenvalue weighted by atomic mass is 35.5. The number of thiazole rings is 1. The summed E-state index contributed by atoms with van der Waals surface area (Å²) < 4.78 is 6.38. The van der Waals surface area contributed by atoms with Gasteiger partial charge in [-0.2, -0.15) is 0 Å². The molecule has 4 heterocycles. The lowest BCUT2D eigenvalue weighted by molar-refractivity contribution is -0.448. The molecule has 2 bridgehead atoms. The number of aromatic nitrogens is 1.